The van der Waals surface area contributed by atoms with Gasteiger partial charge in [-0.15, -0.1) is 0 Å². The van der Waals surface area contributed by atoms with Gasteiger partial charge in [0.2, 0.25) is 5.60 Å². The molecule has 3 atom stereocenters. The predicted octanol–water partition coefficient (Wildman–Crippen LogP) is 5.73. The molecule has 0 amide bonds. The largest absolute Gasteiger partial charge is 0.479 e. The molecule has 2 aromatic carbocycles. The highest BCUT2D eigenvalue weighted by atomic mass is 32.2. The van der Waals surface area contributed by atoms with Gasteiger partial charge in [0.05, 0.1) is 4.90 Å². The van der Waals surface area contributed by atoms with Crippen molar-refractivity contribution in [1.29, 1.82) is 0 Å². The molecule has 1 heterocycles. The molecule has 2 aromatic rings. The van der Waals surface area contributed by atoms with E-state index in [0.717, 1.165) is 18.2 Å². The highest BCUT2D eigenvalue weighted by molar-refractivity contribution is 7.86. The maximum absolute atomic E-state index is 12.3. The number of hydrogen-bond acceptors (Lipinski definition) is 7. The van der Waals surface area contributed by atoms with E-state index in [2.05, 4.69) is 55.1 Å². The Labute approximate surface area is 249 Å². The zero-order chi connectivity index (χ0) is 30.9. The smallest absolute Gasteiger partial charge is 0.342 e. The zero-order valence-electron chi connectivity index (χ0n) is 24.8. The molecule has 1 aliphatic carbocycles. The van der Waals surface area contributed by atoms with Gasteiger partial charge >= 0.3 is 11.9 Å². The molecule has 0 radical (unpaired) electrons. The minimum absolute atomic E-state index is 0.215. The van der Waals surface area contributed by atoms with Crippen molar-refractivity contribution in [3.05, 3.63) is 78.4 Å². The number of rotatable bonds is 10. The number of benzene rings is 2. The molecule has 1 fully saturated rings. The van der Waals surface area contributed by atoms with Crippen LogP contribution >= 0.6 is 0 Å². The standard InChI is InChI=1S/C17H28N2.C15H14O7S/c1-4-5-8-16-9-6-7-14-19(16)17-12-10-15(11-13-17)18(2)3;1-10-12(13(16)17)8-5-9-15(10,14(18)19)22-23(20,21)11-6-3-2-4-7-11/h10-13,16H,4-9,14H2,1-3H3;2-10H,1H3,(H,16,17)(H,18,19). The quantitative estimate of drug-likeness (QED) is 0.330. The lowest BCUT2D eigenvalue weighted by Gasteiger charge is -2.38. The second-order valence-corrected chi connectivity index (χ2v) is 12.4. The van der Waals surface area contributed by atoms with Crippen LogP contribution in [0.5, 0.6) is 0 Å². The monoisotopic (exact) mass is 598 g/mol. The molecule has 228 valence electrons. The van der Waals surface area contributed by atoms with Gasteiger partial charge in [0.25, 0.3) is 10.1 Å². The summed E-state index contributed by atoms with van der Waals surface area (Å²) in [5.41, 5.74) is 0.118. The lowest BCUT2D eigenvalue weighted by Crippen LogP contribution is -2.49. The van der Waals surface area contributed by atoms with Crippen molar-refractivity contribution in [2.24, 2.45) is 5.92 Å². The summed E-state index contributed by atoms with van der Waals surface area (Å²) in [4.78, 5) is 27.5. The average Bonchev–Trinajstić information content (AvgIpc) is 2.98. The number of allylic oxidation sites excluding steroid dienone is 2. The number of nitrogens with zero attached hydrogens (tertiary/aromatic N) is 2. The Morgan fingerprint density at radius 1 is 1.05 bits per heavy atom. The van der Waals surface area contributed by atoms with Crippen LogP contribution < -0.4 is 9.80 Å². The van der Waals surface area contributed by atoms with Crippen LogP contribution in [0.3, 0.4) is 0 Å². The topological polar surface area (TPSA) is 124 Å². The van der Waals surface area contributed by atoms with Crippen LogP contribution in [-0.2, 0) is 23.9 Å². The van der Waals surface area contributed by atoms with Gasteiger partial charge in [0, 0.05) is 49.5 Å². The predicted molar refractivity (Wildman–Crippen MR) is 164 cm³/mol. The molecule has 0 spiro atoms. The minimum atomic E-state index is -4.40. The van der Waals surface area contributed by atoms with Crippen LogP contribution in [0.2, 0.25) is 0 Å². The Hall–Kier alpha value is -3.63. The third kappa shape index (κ3) is 7.80. The van der Waals surface area contributed by atoms with E-state index in [9.17, 15) is 23.1 Å². The van der Waals surface area contributed by atoms with E-state index in [-0.39, 0.29) is 10.5 Å². The fraction of sp³-hybridized carbons (Fsp3) is 0.438. The van der Waals surface area contributed by atoms with E-state index in [1.807, 2.05) is 0 Å². The normalized spacial score (nSPS) is 22.0. The first-order valence-corrected chi connectivity index (χ1v) is 15.7. The molecule has 42 heavy (non-hydrogen) atoms. The van der Waals surface area contributed by atoms with E-state index >= 15 is 0 Å². The molecule has 0 saturated carbocycles. The van der Waals surface area contributed by atoms with E-state index in [1.54, 1.807) is 6.07 Å². The number of anilines is 2. The number of unbranched alkanes of at least 4 members (excludes halogenated alkanes) is 1. The molecule has 9 nitrogen and oxygen atoms in total. The molecule has 0 aromatic heterocycles. The molecular formula is C32H42N2O7S. The number of carboxylic acids is 2. The molecule has 1 aliphatic heterocycles. The third-order valence-corrected chi connectivity index (χ3v) is 9.15. The fourth-order valence-electron chi connectivity index (χ4n) is 5.30. The van der Waals surface area contributed by atoms with E-state index in [1.165, 1.54) is 93.7 Å². The second kappa shape index (κ2) is 14.5. The first-order chi connectivity index (χ1) is 19.9. The summed E-state index contributed by atoms with van der Waals surface area (Å²) in [6.07, 6.45) is 11.6. The Balaban J connectivity index is 0.000000235. The van der Waals surface area contributed by atoms with Gasteiger partial charge in [-0.1, -0.05) is 57.0 Å². The van der Waals surface area contributed by atoms with E-state index < -0.39 is 33.6 Å². The summed E-state index contributed by atoms with van der Waals surface area (Å²) in [6.45, 7) is 4.81. The van der Waals surface area contributed by atoms with Crippen molar-refractivity contribution in [2.75, 3.05) is 30.4 Å². The average molecular weight is 599 g/mol. The molecule has 3 unspecified atom stereocenters. The summed E-state index contributed by atoms with van der Waals surface area (Å²) in [5, 5.41) is 18.6. The van der Waals surface area contributed by atoms with Crippen molar-refractivity contribution in [3.63, 3.8) is 0 Å². The van der Waals surface area contributed by atoms with Crippen LogP contribution in [0.25, 0.3) is 0 Å². The Kier molecular flexibility index (Phi) is 11.4. The number of aliphatic carboxylic acids is 2. The molecule has 0 bridgehead atoms. The molecule has 1 saturated heterocycles. The van der Waals surface area contributed by atoms with Gasteiger partial charge < -0.3 is 20.0 Å². The Morgan fingerprint density at radius 3 is 2.29 bits per heavy atom. The van der Waals surface area contributed by atoms with Crippen molar-refractivity contribution in [1.82, 2.24) is 0 Å². The lowest BCUT2D eigenvalue weighted by atomic mass is 9.79. The maximum atomic E-state index is 12.3. The lowest BCUT2D eigenvalue weighted by molar-refractivity contribution is -0.154. The summed E-state index contributed by atoms with van der Waals surface area (Å²) in [6, 6.07) is 16.9. The maximum Gasteiger partial charge on any atom is 0.342 e. The summed E-state index contributed by atoms with van der Waals surface area (Å²) in [7, 11) is -0.203. The Morgan fingerprint density at radius 2 is 1.71 bits per heavy atom. The van der Waals surface area contributed by atoms with Crippen molar-refractivity contribution < 1.29 is 32.4 Å². The SMILES string of the molecule is CC1C(C(=O)O)=CC=CC1(OS(=O)(=O)c1ccccc1)C(=O)O.CCCCC1CCCCN1c1ccc(N(C)C)cc1. The number of carboxylic acid groups (broad SMARTS) is 2. The van der Waals surface area contributed by atoms with Gasteiger partial charge in [-0.3, -0.25) is 0 Å². The highest BCUT2D eigenvalue weighted by Crippen LogP contribution is 2.36. The second-order valence-electron chi connectivity index (χ2n) is 10.9. The zero-order valence-corrected chi connectivity index (χ0v) is 25.6. The first kappa shape index (κ1) is 32.9. The number of carbonyl (C=O) groups is 2. The van der Waals surface area contributed by atoms with Gasteiger partial charge in [0.15, 0.2) is 0 Å². The van der Waals surface area contributed by atoms with Gasteiger partial charge in [-0.25, -0.2) is 13.8 Å². The molecular weight excluding hydrogens is 556 g/mol. The van der Waals surface area contributed by atoms with Crippen molar-refractivity contribution in [3.8, 4) is 0 Å². The van der Waals surface area contributed by atoms with Crippen LogP contribution in [0, 0.1) is 5.92 Å². The van der Waals surface area contributed by atoms with E-state index in [4.69, 9.17) is 9.29 Å². The van der Waals surface area contributed by atoms with Crippen LogP contribution in [-0.4, -0.2) is 62.9 Å². The van der Waals surface area contributed by atoms with Gasteiger partial charge in [0.1, 0.15) is 0 Å². The van der Waals surface area contributed by atoms with Gasteiger partial charge in [-0.05, 0) is 68.2 Å². The molecule has 2 aliphatic rings. The number of hydrogen-bond donors (Lipinski definition) is 2. The summed E-state index contributed by atoms with van der Waals surface area (Å²) in [5.74, 6) is -4.14. The summed E-state index contributed by atoms with van der Waals surface area (Å²) < 4.78 is 29.7. The molecule has 10 heteroatoms. The Bertz CT molecular complexity index is 1370. The number of piperidine rings is 1. The molecule has 4 rings (SSSR count). The van der Waals surface area contributed by atoms with Crippen molar-refractivity contribution >= 4 is 33.4 Å². The molecule has 2 N–H and O–H groups in total. The van der Waals surface area contributed by atoms with Crippen LogP contribution in [0.4, 0.5) is 11.4 Å². The van der Waals surface area contributed by atoms with Crippen molar-refractivity contribution in [2.45, 2.75) is 68.9 Å². The highest BCUT2D eigenvalue weighted by Gasteiger charge is 2.51. The van der Waals surface area contributed by atoms with Gasteiger partial charge in [-0.2, -0.15) is 8.42 Å². The minimum Gasteiger partial charge on any atom is -0.479 e. The third-order valence-electron chi connectivity index (χ3n) is 7.81. The summed E-state index contributed by atoms with van der Waals surface area (Å²) >= 11 is 0. The van der Waals surface area contributed by atoms with Crippen LogP contribution in [0.1, 0.15) is 52.4 Å². The fourth-order valence-corrected chi connectivity index (χ4v) is 6.52. The first-order valence-electron chi connectivity index (χ1n) is 14.3. The van der Waals surface area contributed by atoms with E-state index in [0.29, 0.717) is 0 Å². The van der Waals surface area contributed by atoms with Crippen LogP contribution in [0.15, 0.2) is 83.3 Å².